The molecule has 0 fully saturated rings. The van der Waals surface area contributed by atoms with Gasteiger partial charge in [0.05, 0.1) is 29.8 Å². The highest BCUT2D eigenvalue weighted by molar-refractivity contribution is 9.10. The highest BCUT2D eigenvalue weighted by Gasteiger charge is 2.43. The van der Waals surface area contributed by atoms with E-state index in [0.29, 0.717) is 22.3 Å². The first-order valence-corrected chi connectivity index (χ1v) is 11.3. The number of nitrogens with zero attached hydrogens (tertiary/aromatic N) is 1. The van der Waals surface area contributed by atoms with E-state index in [1.165, 1.54) is 0 Å². The SMILES string of the molecule is CSc1ccc([C@@H]2c3c(oc4ccc(Br)cc4c3=O)C(=O)N2Cc2ccco2)cc1. The van der Waals surface area contributed by atoms with E-state index in [1.54, 1.807) is 47.2 Å². The van der Waals surface area contributed by atoms with E-state index >= 15 is 0 Å². The van der Waals surface area contributed by atoms with Gasteiger partial charge in [0, 0.05) is 9.37 Å². The molecule has 0 radical (unpaired) electrons. The summed E-state index contributed by atoms with van der Waals surface area (Å²) in [7, 11) is 0. The average Bonchev–Trinajstić information content (AvgIpc) is 3.37. The van der Waals surface area contributed by atoms with Crippen molar-refractivity contribution < 1.29 is 13.6 Å². The Morgan fingerprint density at radius 3 is 2.60 bits per heavy atom. The van der Waals surface area contributed by atoms with Crippen molar-refractivity contribution in [1.29, 1.82) is 0 Å². The fourth-order valence-electron chi connectivity index (χ4n) is 3.86. The summed E-state index contributed by atoms with van der Waals surface area (Å²) in [6.45, 7) is 0.241. The zero-order valence-electron chi connectivity index (χ0n) is 15.9. The zero-order chi connectivity index (χ0) is 20.8. The number of rotatable bonds is 4. The van der Waals surface area contributed by atoms with E-state index in [0.717, 1.165) is 14.9 Å². The fraction of sp³-hybridized carbons (Fsp3) is 0.130. The van der Waals surface area contributed by atoms with E-state index in [2.05, 4.69) is 15.9 Å². The monoisotopic (exact) mass is 481 g/mol. The van der Waals surface area contributed by atoms with Crippen LogP contribution in [0.15, 0.2) is 83.9 Å². The van der Waals surface area contributed by atoms with Gasteiger partial charge in [0.1, 0.15) is 11.3 Å². The number of fused-ring (bicyclic) bond motifs is 2. The van der Waals surface area contributed by atoms with Gasteiger partial charge >= 0.3 is 0 Å². The number of hydrogen-bond acceptors (Lipinski definition) is 5. The number of furan rings is 1. The van der Waals surface area contributed by atoms with Crippen LogP contribution < -0.4 is 5.43 Å². The molecule has 0 N–H and O–H groups in total. The Labute approximate surface area is 184 Å². The summed E-state index contributed by atoms with van der Waals surface area (Å²) in [5, 5.41) is 0.446. The molecule has 0 aliphatic carbocycles. The molecule has 0 spiro atoms. The van der Waals surface area contributed by atoms with E-state index in [4.69, 9.17) is 8.83 Å². The molecular weight excluding hydrogens is 466 g/mol. The molecule has 1 aliphatic rings. The lowest BCUT2D eigenvalue weighted by Gasteiger charge is -2.24. The Bertz CT molecular complexity index is 1310. The van der Waals surface area contributed by atoms with Gasteiger partial charge in [-0.05, 0) is 54.3 Å². The van der Waals surface area contributed by atoms with Gasteiger partial charge in [-0.2, -0.15) is 0 Å². The highest BCUT2D eigenvalue weighted by atomic mass is 79.9. The van der Waals surface area contributed by atoms with Gasteiger partial charge in [-0.25, -0.2) is 0 Å². The molecule has 150 valence electrons. The fourth-order valence-corrected chi connectivity index (χ4v) is 4.63. The zero-order valence-corrected chi connectivity index (χ0v) is 18.3. The van der Waals surface area contributed by atoms with Gasteiger partial charge in [-0.1, -0.05) is 28.1 Å². The number of thioether (sulfide) groups is 1. The topological polar surface area (TPSA) is 63.7 Å². The Balaban J connectivity index is 1.73. The summed E-state index contributed by atoms with van der Waals surface area (Å²) in [4.78, 5) is 29.6. The Morgan fingerprint density at radius 1 is 1.10 bits per heavy atom. The Kier molecular flexibility index (Phi) is 4.79. The molecule has 5 rings (SSSR count). The molecule has 1 aliphatic heterocycles. The van der Waals surface area contributed by atoms with Gasteiger partial charge in [0.25, 0.3) is 5.91 Å². The summed E-state index contributed by atoms with van der Waals surface area (Å²) >= 11 is 5.05. The first kappa shape index (κ1) is 19.2. The predicted molar refractivity (Wildman–Crippen MR) is 119 cm³/mol. The highest BCUT2D eigenvalue weighted by Crippen LogP contribution is 2.39. The average molecular weight is 482 g/mol. The molecule has 4 aromatic rings. The molecule has 0 unspecified atom stereocenters. The summed E-state index contributed by atoms with van der Waals surface area (Å²) in [5.41, 5.74) is 1.43. The van der Waals surface area contributed by atoms with Crippen LogP contribution in [-0.2, 0) is 6.54 Å². The van der Waals surface area contributed by atoms with Crippen LogP contribution in [0.5, 0.6) is 0 Å². The largest absolute Gasteiger partial charge is 0.467 e. The number of halogens is 1. The molecule has 2 aromatic heterocycles. The molecule has 30 heavy (non-hydrogen) atoms. The van der Waals surface area contributed by atoms with E-state index in [9.17, 15) is 9.59 Å². The molecule has 1 amide bonds. The number of amides is 1. The first-order chi connectivity index (χ1) is 14.6. The lowest BCUT2D eigenvalue weighted by atomic mass is 9.98. The summed E-state index contributed by atoms with van der Waals surface area (Å²) < 4.78 is 12.2. The molecule has 0 saturated carbocycles. The van der Waals surface area contributed by atoms with Crippen molar-refractivity contribution >= 4 is 44.6 Å². The number of hydrogen-bond donors (Lipinski definition) is 0. The van der Waals surface area contributed by atoms with Crippen molar-refractivity contribution in [3.8, 4) is 0 Å². The third-order valence-corrected chi connectivity index (χ3v) is 6.50. The maximum absolute atomic E-state index is 13.5. The second kappa shape index (κ2) is 7.49. The van der Waals surface area contributed by atoms with Crippen molar-refractivity contribution in [3.05, 3.63) is 98.2 Å². The quantitative estimate of drug-likeness (QED) is 0.354. The number of carbonyl (C=O) groups excluding carboxylic acids is 1. The lowest BCUT2D eigenvalue weighted by molar-refractivity contribution is 0.0701. The van der Waals surface area contributed by atoms with Gasteiger partial charge in [-0.3, -0.25) is 9.59 Å². The molecule has 3 heterocycles. The van der Waals surface area contributed by atoms with Gasteiger partial charge < -0.3 is 13.7 Å². The minimum absolute atomic E-state index is 0.0975. The van der Waals surface area contributed by atoms with Crippen molar-refractivity contribution in [2.24, 2.45) is 0 Å². The minimum Gasteiger partial charge on any atom is -0.467 e. The van der Waals surface area contributed by atoms with Gasteiger partial charge in [0.15, 0.2) is 5.43 Å². The molecule has 2 aromatic carbocycles. The van der Waals surface area contributed by atoms with E-state index < -0.39 is 6.04 Å². The molecule has 1 atom stereocenters. The van der Waals surface area contributed by atoms with Crippen LogP contribution in [0.1, 0.15) is 33.5 Å². The number of benzene rings is 2. The van der Waals surface area contributed by atoms with Gasteiger partial charge in [-0.15, -0.1) is 11.8 Å². The maximum Gasteiger partial charge on any atom is 0.291 e. The van der Waals surface area contributed by atoms with Crippen LogP contribution in [-0.4, -0.2) is 17.1 Å². The Hall–Kier alpha value is -2.77. The summed E-state index contributed by atoms with van der Waals surface area (Å²) in [6.07, 6.45) is 3.58. The smallest absolute Gasteiger partial charge is 0.291 e. The predicted octanol–water partition coefficient (Wildman–Crippen LogP) is 5.62. The second-order valence-corrected chi connectivity index (χ2v) is 8.80. The van der Waals surface area contributed by atoms with Crippen molar-refractivity contribution in [2.75, 3.05) is 6.26 Å². The number of carbonyl (C=O) groups is 1. The summed E-state index contributed by atoms with van der Waals surface area (Å²) in [6, 6.07) is 16.2. The lowest BCUT2D eigenvalue weighted by Crippen LogP contribution is -2.29. The van der Waals surface area contributed by atoms with Crippen LogP contribution in [0, 0.1) is 0 Å². The first-order valence-electron chi connectivity index (χ1n) is 9.30. The molecule has 5 nitrogen and oxygen atoms in total. The van der Waals surface area contributed by atoms with E-state index in [-0.39, 0.29) is 23.6 Å². The minimum atomic E-state index is -0.548. The third kappa shape index (κ3) is 3.09. The van der Waals surface area contributed by atoms with E-state index in [1.807, 2.05) is 36.6 Å². The van der Waals surface area contributed by atoms with Crippen molar-refractivity contribution in [3.63, 3.8) is 0 Å². The maximum atomic E-state index is 13.5. The van der Waals surface area contributed by atoms with Crippen LogP contribution in [0.2, 0.25) is 0 Å². The van der Waals surface area contributed by atoms with Crippen LogP contribution in [0.3, 0.4) is 0 Å². The third-order valence-electron chi connectivity index (χ3n) is 5.27. The van der Waals surface area contributed by atoms with Crippen LogP contribution in [0.4, 0.5) is 0 Å². The Morgan fingerprint density at radius 2 is 1.90 bits per heavy atom. The second-order valence-electron chi connectivity index (χ2n) is 7.00. The van der Waals surface area contributed by atoms with Crippen molar-refractivity contribution in [1.82, 2.24) is 4.90 Å². The normalized spacial score (nSPS) is 15.7. The van der Waals surface area contributed by atoms with Gasteiger partial charge in [0.2, 0.25) is 5.76 Å². The summed E-state index contributed by atoms with van der Waals surface area (Å²) in [5.74, 6) is 0.421. The molecule has 0 bridgehead atoms. The van der Waals surface area contributed by atoms with Crippen molar-refractivity contribution in [2.45, 2.75) is 17.5 Å². The molecule has 0 saturated heterocycles. The van der Waals surface area contributed by atoms with Crippen LogP contribution in [0.25, 0.3) is 11.0 Å². The van der Waals surface area contributed by atoms with Crippen LogP contribution >= 0.6 is 27.7 Å². The molecular formula is C23H16BrNO4S. The standard InChI is InChI=1S/C23H16BrNO4S/c1-30-16-7-4-13(5-8-16)20-19-21(26)17-11-14(24)6-9-18(17)29-22(19)23(27)25(20)12-15-3-2-10-28-15/h2-11,20H,12H2,1H3/t20-/m1/s1. The molecule has 7 heteroatoms.